The number of rotatable bonds is 1. The van der Waals surface area contributed by atoms with Crippen molar-refractivity contribution in [1.29, 1.82) is 0 Å². The van der Waals surface area contributed by atoms with Gasteiger partial charge in [0.2, 0.25) is 0 Å². The first-order chi connectivity index (χ1) is 6.20. The van der Waals surface area contributed by atoms with Crippen molar-refractivity contribution < 1.29 is 4.92 Å². The van der Waals surface area contributed by atoms with Crippen LogP contribution in [0.3, 0.4) is 0 Å². The van der Waals surface area contributed by atoms with Crippen molar-refractivity contribution in [3.63, 3.8) is 0 Å². The number of hydrogen-bond donors (Lipinski definition) is 1. The molecule has 1 N–H and O–H groups in total. The fourth-order valence-electron chi connectivity index (χ4n) is 1.16. The highest BCUT2D eigenvalue weighted by atomic mass is 35.5. The fraction of sp³-hybridized carbons (Fsp3) is 0. The Bertz CT molecular complexity index is 480. The fourth-order valence-corrected chi connectivity index (χ4v) is 1.37. The number of aromatic amines is 1. The van der Waals surface area contributed by atoms with Crippen LogP contribution >= 0.6 is 11.6 Å². The topological polar surface area (TPSA) is 71.8 Å². The molecular formula is C7H4ClN3O2. The zero-order valence-electron chi connectivity index (χ0n) is 6.32. The minimum atomic E-state index is -0.514. The number of pyridine rings is 1. The molecule has 0 unspecified atom stereocenters. The van der Waals surface area contributed by atoms with Crippen molar-refractivity contribution in [3.05, 3.63) is 33.6 Å². The first-order valence-corrected chi connectivity index (χ1v) is 3.84. The molecule has 2 aromatic rings. The maximum atomic E-state index is 10.6. The second-order valence-corrected chi connectivity index (χ2v) is 2.86. The van der Waals surface area contributed by atoms with Crippen LogP contribution < -0.4 is 0 Å². The van der Waals surface area contributed by atoms with Crippen molar-refractivity contribution in [3.8, 4) is 0 Å². The van der Waals surface area contributed by atoms with Crippen molar-refractivity contribution in [2.24, 2.45) is 0 Å². The monoisotopic (exact) mass is 197 g/mol. The molecule has 2 aromatic heterocycles. The first-order valence-electron chi connectivity index (χ1n) is 3.46. The van der Waals surface area contributed by atoms with Crippen LogP contribution in [0.1, 0.15) is 0 Å². The van der Waals surface area contributed by atoms with Gasteiger partial charge in [-0.3, -0.25) is 10.1 Å². The number of hydrogen-bond acceptors (Lipinski definition) is 3. The average Bonchev–Trinajstić information content (AvgIpc) is 2.50. The van der Waals surface area contributed by atoms with Gasteiger partial charge in [0.05, 0.1) is 16.5 Å². The van der Waals surface area contributed by atoms with Gasteiger partial charge in [-0.25, -0.2) is 4.98 Å². The van der Waals surface area contributed by atoms with E-state index in [1.54, 1.807) is 12.3 Å². The van der Waals surface area contributed by atoms with E-state index in [0.29, 0.717) is 11.0 Å². The van der Waals surface area contributed by atoms with Crippen molar-refractivity contribution in [1.82, 2.24) is 9.97 Å². The Morgan fingerprint density at radius 1 is 1.62 bits per heavy atom. The number of halogens is 1. The third-order valence-corrected chi connectivity index (χ3v) is 1.97. The SMILES string of the molecule is O=[N+]([O-])c1c(Cl)cnc2[nH]ccc12. The maximum absolute atomic E-state index is 10.6. The first kappa shape index (κ1) is 8.00. The van der Waals surface area contributed by atoms with Crippen LogP contribution in [0.4, 0.5) is 5.69 Å². The Labute approximate surface area is 77.5 Å². The molecule has 2 heterocycles. The zero-order chi connectivity index (χ0) is 9.42. The molecule has 0 aliphatic heterocycles. The van der Waals surface area contributed by atoms with Gasteiger partial charge in [-0.15, -0.1) is 0 Å². The van der Waals surface area contributed by atoms with E-state index in [-0.39, 0.29) is 10.7 Å². The summed E-state index contributed by atoms with van der Waals surface area (Å²) < 4.78 is 0. The number of H-pyrrole nitrogens is 1. The molecule has 2 rings (SSSR count). The summed E-state index contributed by atoms with van der Waals surface area (Å²) >= 11 is 5.64. The summed E-state index contributed by atoms with van der Waals surface area (Å²) in [6.45, 7) is 0. The lowest BCUT2D eigenvalue weighted by atomic mass is 10.3. The van der Waals surface area contributed by atoms with E-state index in [9.17, 15) is 10.1 Å². The van der Waals surface area contributed by atoms with Gasteiger partial charge in [-0.05, 0) is 6.07 Å². The standard InChI is InChI=1S/C7H4ClN3O2/c8-5-3-10-7-4(1-2-9-7)6(5)11(12)13/h1-3H,(H,9,10). The number of nitrogens with one attached hydrogen (secondary N) is 1. The van der Waals surface area contributed by atoms with Gasteiger partial charge >= 0.3 is 0 Å². The summed E-state index contributed by atoms with van der Waals surface area (Å²) in [7, 11) is 0. The van der Waals surface area contributed by atoms with E-state index >= 15 is 0 Å². The number of fused-ring (bicyclic) bond motifs is 1. The Hall–Kier alpha value is -1.62. The van der Waals surface area contributed by atoms with Gasteiger partial charge in [0.15, 0.2) is 0 Å². The summed E-state index contributed by atoms with van der Waals surface area (Å²) in [5.41, 5.74) is 0.365. The number of nitrogens with zero attached hydrogens (tertiary/aromatic N) is 2. The highest BCUT2D eigenvalue weighted by Crippen LogP contribution is 2.30. The summed E-state index contributed by atoms with van der Waals surface area (Å²) in [4.78, 5) is 16.8. The molecule has 0 atom stereocenters. The van der Waals surface area contributed by atoms with Crippen molar-refractivity contribution in [2.75, 3.05) is 0 Å². The molecule has 0 amide bonds. The smallest absolute Gasteiger partial charge is 0.300 e. The Kier molecular flexibility index (Phi) is 1.66. The molecule has 0 bridgehead atoms. The highest BCUT2D eigenvalue weighted by Gasteiger charge is 2.18. The number of nitro groups is 1. The lowest BCUT2D eigenvalue weighted by molar-refractivity contribution is -0.382. The van der Waals surface area contributed by atoms with E-state index in [1.807, 2.05) is 0 Å². The molecule has 66 valence electrons. The maximum Gasteiger partial charge on any atom is 0.300 e. The predicted octanol–water partition coefficient (Wildman–Crippen LogP) is 2.12. The van der Waals surface area contributed by atoms with Crippen molar-refractivity contribution in [2.45, 2.75) is 0 Å². The van der Waals surface area contributed by atoms with Crippen LogP contribution in [0.15, 0.2) is 18.5 Å². The van der Waals surface area contributed by atoms with Crippen LogP contribution in [0.25, 0.3) is 11.0 Å². The molecular weight excluding hydrogens is 194 g/mol. The van der Waals surface area contributed by atoms with E-state index in [4.69, 9.17) is 11.6 Å². The summed E-state index contributed by atoms with van der Waals surface area (Å²) in [5, 5.41) is 11.1. The molecule has 0 spiro atoms. The lowest BCUT2D eigenvalue weighted by Crippen LogP contribution is -1.91. The molecule has 0 aliphatic rings. The van der Waals surface area contributed by atoms with E-state index in [2.05, 4.69) is 9.97 Å². The van der Waals surface area contributed by atoms with E-state index in [1.165, 1.54) is 6.20 Å². The summed E-state index contributed by atoms with van der Waals surface area (Å²) in [6.07, 6.45) is 2.85. The van der Waals surface area contributed by atoms with Gasteiger partial charge in [0.25, 0.3) is 5.69 Å². The molecule has 0 fully saturated rings. The van der Waals surface area contributed by atoms with Gasteiger partial charge in [-0.2, -0.15) is 0 Å². The quantitative estimate of drug-likeness (QED) is 0.562. The Balaban J connectivity index is 2.88. The predicted molar refractivity (Wildman–Crippen MR) is 47.8 cm³/mol. The van der Waals surface area contributed by atoms with Crippen LogP contribution in [0.5, 0.6) is 0 Å². The van der Waals surface area contributed by atoms with Crippen LogP contribution in [0.2, 0.25) is 5.02 Å². The minimum absolute atomic E-state index is 0.0529. The normalized spacial score (nSPS) is 10.5. The minimum Gasteiger partial charge on any atom is -0.346 e. The van der Waals surface area contributed by atoms with Gasteiger partial charge < -0.3 is 4.98 Å². The van der Waals surface area contributed by atoms with Crippen molar-refractivity contribution >= 4 is 28.3 Å². The Morgan fingerprint density at radius 3 is 3.08 bits per heavy atom. The van der Waals surface area contributed by atoms with Crippen LogP contribution in [0, 0.1) is 10.1 Å². The molecule has 0 saturated heterocycles. The van der Waals surface area contributed by atoms with E-state index in [0.717, 1.165) is 0 Å². The third-order valence-electron chi connectivity index (χ3n) is 1.70. The second kappa shape index (κ2) is 2.70. The molecule has 0 radical (unpaired) electrons. The van der Waals surface area contributed by atoms with Crippen LogP contribution in [-0.2, 0) is 0 Å². The van der Waals surface area contributed by atoms with E-state index < -0.39 is 4.92 Å². The van der Waals surface area contributed by atoms with Gasteiger partial charge in [0.1, 0.15) is 10.7 Å². The molecule has 0 aliphatic carbocycles. The summed E-state index contributed by atoms with van der Waals surface area (Å²) in [5.74, 6) is 0. The Morgan fingerprint density at radius 2 is 2.38 bits per heavy atom. The second-order valence-electron chi connectivity index (χ2n) is 2.45. The molecule has 13 heavy (non-hydrogen) atoms. The highest BCUT2D eigenvalue weighted by molar-refractivity contribution is 6.33. The molecule has 0 aromatic carbocycles. The van der Waals surface area contributed by atoms with Crippen LogP contribution in [-0.4, -0.2) is 14.9 Å². The average molecular weight is 198 g/mol. The zero-order valence-corrected chi connectivity index (χ0v) is 7.08. The summed E-state index contributed by atoms with van der Waals surface area (Å²) in [6, 6.07) is 1.58. The van der Waals surface area contributed by atoms with Gasteiger partial charge in [-0.1, -0.05) is 11.6 Å². The molecule has 6 heteroatoms. The molecule has 5 nitrogen and oxygen atoms in total. The molecule has 0 saturated carbocycles. The third kappa shape index (κ3) is 1.13. The largest absolute Gasteiger partial charge is 0.346 e. The van der Waals surface area contributed by atoms with Gasteiger partial charge in [0, 0.05) is 6.20 Å². The number of aromatic nitrogens is 2. The lowest BCUT2D eigenvalue weighted by Gasteiger charge is -1.95.